The lowest BCUT2D eigenvalue weighted by molar-refractivity contribution is -0.141. The molecule has 0 saturated carbocycles. The van der Waals surface area contributed by atoms with E-state index in [0.717, 1.165) is 12.8 Å². The SMILES string of the molecule is CC(C)(C)[Si](OCCC[C@H]1OC(=O)C[C@@H]1c1ccccc1)(c1ccccc1)c1ccccc1. The highest BCUT2D eigenvalue weighted by Crippen LogP contribution is 2.38. The van der Waals surface area contributed by atoms with Crippen LogP contribution in [0.25, 0.3) is 0 Å². The fraction of sp³-hybridized carbons (Fsp3) is 0.345. The van der Waals surface area contributed by atoms with Gasteiger partial charge < -0.3 is 9.16 Å². The average Bonchev–Trinajstić information content (AvgIpc) is 3.20. The lowest BCUT2D eigenvalue weighted by atomic mass is 9.90. The highest BCUT2D eigenvalue weighted by atomic mass is 28.4. The van der Waals surface area contributed by atoms with Gasteiger partial charge in [0, 0.05) is 12.5 Å². The maximum atomic E-state index is 12.1. The van der Waals surface area contributed by atoms with Gasteiger partial charge in [0.05, 0.1) is 6.42 Å². The summed E-state index contributed by atoms with van der Waals surface area (Å²) < 4.78 is 12.7. The standard InChI is InChI=1S/C29H34O3Si/c1-29(2,3)33(24-16-9-5-10-17-24,25-18-11-6-12-19-25)31-21-13-20-27-26(22-28(30)32-27)23-14-7-4-8-15-23/h4-12,14-19,26-27H,13,20-22H2,1-3H3/t26-,27-/m1/s1. The highest BCUT2D eigenvalue weighted by molar-refractivity contribution is 6.99. The van der Waals surface area contributed by atoms with E-state index in [0.29, 0.717) is 13.0 Å². The summed E-state index contributed by atoms with van der Waals surface area (Å²) in [6, 6.07) is 31.7. The number of carbonyl (C=O) groups excluding carboxylic acids is 1. The third kappa shape index (κ3) is 4.97. The summed E-state index contributed by atoms with van der Waals surface area (Å²) >= 11 is 0. The minimum Gasteiger partial charge on any atom is -0.462 e. The first-order valence-electron chi connectivity index (χ1n) is 11.9. The molecule has 172 valence electrons. The van der Waals surface area contributed by atoms with Crippen molar-refractivity contribution in [1.29, 1.82) is 0 Å². The second kappa shape index (κ2) is 10.1. The smallest absolute Gasteiger partial charge is 0.306 e. The van der Waals surface area contributed by atoms with E-state index >= 15 is 0 Å². The Bertz CT molecular complexity index is 989. The largest absolute Gasteiger partial charge is 0.462 e. The number of benzene rings is 3. The molecule has 2 atom stereocenters. The average molecular weight is 459 g/mol. The summed E-state index contributed by atoms with van der Waals surface area (Å²) in [7, 11) is -2.53. The van der Waals surface area contributed by atoms with E-state index in [1.54, 1.807) is 0 Å². The number of esters is 1. The van der Waals surface area contributed by atoms with E-state index in [4.69, 9.17) is 9.16 Å². The van der Waals surface area contributed by atoms with Crippen LogP contribution in [0.2, 0.25) is 5.04 Å². The lowest BCUT2D eigenvalue weighted by Gasteiger charge is -2.43. The number of cyclic esters (lactones) is 1. The van der Waals surface area contributed by atoms with E-state index in [2.05, 4.69) is 93.6 Å². The molecule has 4 rings (SSSR count). The molecule has 1 aliphatic heterocycles. The van der Waals surface area contributed by atoms with Crippen LogP contribution in [0.5, 0.6) is 0 Å². The molecule has 1 saturated heterocycles. The zero-order chi connectivity index (χ0) is 23.3. The monoisotopic (exact) mass is 458 g/mol. The van der Waals surface area contributed by atoms with Gasteiger partial charge in [-0.15, -0.1) is 0 Å². The van der Waals surface area contributed by atoms with Crippen LogP contribution in [0, 0.1) is 0 Å². The predicted octanol–water partition coefficient (Wildman–Crippen LogP) is 5.44. The van der Waals surface area contributed by atoms with Gasteiger partial charge in [0.25, 0.3) is 8.32 Å². The first-order valence-corrected chi connectivity index (χ1v) is 13.8. The molecular weight excluding hydrogens is 424 g/mol. The highest BCUT2D eigenvalue weighted by Gasteiger charge is 2.50. The Morgan fingerprint density at radius 1 is 0.848 bits per heavy atom. The summed E-state index contributed by atoms with van der Waals surface area (Å²) in [4.78, 5) is 12.1. The summed E-state index contributed by atoms with van der Waals surface area (Å²) in [5.41, 5.74) is 1.18. The molecule has 1 aliphatic rings. The molecule has 0 radical (unpaired) electrons. The number of ether oxygens (including phenoxy) is 1. The second-order valence-corrected chi connectivity index (χ2v) is 14.2. The molecule has 0 aromatic heterocycles. The Hall–Kier alpha value is -2.69. The Labute approximate surface area is 198 Å². The Morgan fingerprint density at radius 3 is 1.88 bits per heavy atom. The number of hydrogen-bond donors (Lipinski definition) is 0. The number of carbonyl (C=O) groups is 1. The van der Waals surface area contributed by atoms with E-state index in [9.17, 15) is 4.79 Å². The van der Waals surface area contributed by atoms with E-state index in [1.807, 2.05) is 18.2 Å². The number of rotatable bonds is 8. The summed E-state index contributed by atoms with van der Waals surface area (Å²) in [6.07, 6.45) is 2.04. The third-order valence-corrected chi connectivity index (χ3v) is 11.8. The Kier molecular flexibility index (Phi) is 7.16. The lowest BCUT2D eigenvalue weighted by Crippen LogP contribution is -2.66. The first-order chi connectivity index (χ1) is 15.9. The van der Waals surface area contributed by atoms with Gasteiger partial charge in [0.2, 0.25) is 0 Å². The Morgan fingerprint density at radius 2 is 1.36 bits per heavy atom. The van der Waals surface area contributed by atoms with Crippen LogP contribution in [0.1, 0.15) is 51.5 Å². The van der Waals surface area contributed by atoms with Crippen molar-refractivity contribution in [2.75, 3.05) is 6.61 Å². The maximum Gasteiger partial charge on any atom is 0.306 e. The van der Waals surface area contributed by atoms with Gasteiger partial charge in [0.1, 0.15) is 6.10 Å². The van der Waals surface area contributed by atoms with E-state index in [1.165, 1.54) is 15.9 Å². The molecule has 1 heterocycles. The fourth-order valence-electron chi connectivity index (χ4n) is 5.17. The first kappa shape index (κ1) is 23.5. The van der Waals surface area contributed by atoms with Crippen molar-refractivity contribution in [2.45, 2.75) is 57.1 Å². The molecule has 3 nitrogen and oxygen atoms in total. The van der Waals surface area contributed by atoms with Crippen molar-refractivity contribution in [1.82, 2.24) is 0 Å². The number of hydrogen-bond acceptors (Lipinski definition) is 3. The van der Waals surface area contributed by atoms with Crippen molar-refractivity contribution < 1.29 is 14.0 Å². The molecular formula is C29H34O3Si. The zero-order valence-corrected chi connectivity index (χ0v) is 20.9. The maximum absolute atomic E-state index is 12.1. The molecule has 3 aromatic rings. The topological polar surface area (TPSA) is 35.5 Å². The van der Waals surface area contributed by atoms with Gasteiger partial charge in [0.15, 0.2) is 0 Å². The van der Waals surface area contributed by atoms with Gasteiger partial charge in [-0.2, -0.15) is 0 Å². The van der Waals surface area contributed by atoms with Crippen molar-refractivity contribution in [3.05, 3.63) is 96.6 Å². The van der Waals surface area contributed by atoms with Crippen LogP contribution < -0.4 is 10.4 Å². The van der Waals surface area contributed by atoms with Gasteiger partial charge in [-0.3, -0.25) is 4.79 Å². The predicted molar refractivity (Wildman–Crippen MR) is 136 cm³/mol. The van der Waals surface area contributed by atoms with Crippen molar-refractivity contribution >= 4 is 24.7 Å². The van der Waals surface area contributed by atoms with Crippen LogP contribution >= 0.6 is 0 Å². The van der Waals surface area contributed by atoms with Crippen LogP contribution in [0.3, 0.4) is 0 Å². The fourth-order valence-corrected chi connectivity index (χ4v) is 9.78. The molecule has 0 amide bonds. The molecule has 4 heteroatoms. The van der Waals surface area contributed by atoms with E-state index < -0.39 is 8.32 Å². The summed E-state index contributed by atoms with van der Waals surface area (Å²) in [6.45, 7) is 7.53. The zero-order valence-electron chi connectivity index (χ0n) is 19.9. The van der Waals surface area contributed by atoms with Crippen LogP contribution in [-0.2, 0) is 14.0 Å². The molecule has 0 N–H and O–H groups in total. The van der Waals surface area contributed by atoms with Gasteiger partial charge in [-0.1, -0.05) is 112 Å². The van der Waals surface area contributed by atoms with Crippen LogP contribution in [0.15, 0.2) is 91.0 Å². The molecule has 0 bridgehead atoms. The van der Waals surface area contributed by atoms with Gasteiger partial charge in [-0.25, -0.2) is 0 Å². The molecule has 1 fully saturated rings. The molecule has 0 spiro atoms. The van der Waals surface area contributed by atoms with Crippen molar-refractivity contribution in [2.24, 2.45) is 0 Å². The molecule has 0 unspecified atom stereocenters. The minimum atomic E-state index is -2.53. The summed E-state index contributed by atoms with van der Waals surface area (Å²) in [5.74, 6) is 0.0355. The molecule has 0 aliphatic carbocycles. The third-order valence-electron chi connectivity index (χ3n) is 6.71. The summed E-state index contributed by atoms with van der Waals surface area (Å²) in [5, 5.41) is 2.54. The quantitative estimate of drug-likeness (QED) is 0.256. The van der Waals surface area contributed by atoms with Crippen molar-refractivity contribution in [3.63, 3.8) is 0 Å². The van der Waals surface area contributed by atoms with Crippen molar-refractivity contribution in [3.8, 4) is 0 Å². The van der Waals surface area contributed by atoms with E-state index in [-0.39, 0.29) is 23.0 Å². The normalized spacial score (nSPS) is 18.8. The van der Waals surface area contributed by atoms with Gasteiger partial charge >= 0.3 is 5.97 Å². The van der Waals surface area contributed by atoms with Gasteiger partial charge in [-0.05, 0) is 33.8 Å². The van der Waals surface area contributed by atoms with Crippen LogP contribution in [-0.4, -0.2) is 27.0 Å². The second-order valence-electron chi connectivity index (χ2n) is 9.90. The molecule has 33 heavy (non-hydrogen) atoms. The van der Waals surface area contributed by atoms with Crippen LogP contribution in [0.4, 0.5) is 0 Å². The molecule has 3 aromatic carbocycles. The minimum absolute atomic E-state index is 0.0396. The Balaban J connectivity index is 1.53.